The number of pyridine rings is 1. The molecule has 1 aliphatic carbocycles. The third-order valence-electron chi connectivity index (χ3n) is 4.47. The van der Waals surface area contributed by atoms with Gasteiger partial charge in [-0.15, -0.1) is 0 Å². The van der Waals surface area contributed by atoms with Crippen molar-refractivity contribution in [2.75, 3.05) is 32.2 Å². The highest BCUT2D eigenvalue weighted by atomic mass is 16.5. The van der Waals surface area contributed by atoms with Gasteiger partial charge >= 0.3 is 0 Å². The Kier molecular flexibility index (Phi) is 7.65. The van der Waals surface area contributed by atoms with Crippen molar-refractivity contribution in [2.45, 2.75) is 58.0 Å². The SMILES string of the molecule is CCCOC1(C(=O)Nc2cnc(OCCOC)c(C)c2)CCCCC1. The number of anilines is 1. The molecule has 0 unspecified atom stereocenters. The van der Waals surface area contributed by atoms with Crippen LogP contribution in [-0.4, -0.2) is 43.4 Å². The second-order valence-corrected chi connectivity index (χ2v) is 6.54. The minimum absolute atomic E-state index is 0.0603. The Morgan fingerprint density at radius 1 is 1.24 bits per heavy atom. The fourth-order valence-corrected chi connectivity index (χ4v) is 3.11. The van der Waals surface area contributed by atoms with Gasteiger partial charge in [0, 0.05) is 19.3 Å². The average Bonchev–Trinajstić information content (AvgIpc) is 2.62. The molecule has 0 atom stereocenters. The molecule has 1 heterocycles. The summed E-state index contributed by atoms with van der Waals surface area (Å²) in [7, 11) is 1.63. The summed E-state index contributed by atoms with van der Waals surface area (Å²) < 4.78 is 16.5. The zero-order chi connectivity index (χ0) is 18.1. The molecule has 1 amide bonds. The maximum absolute atomic E-state index is 12.9. The van der Waals surface area contributed by atoms with Gasteiger partial charge in [-0.25, -0.2) is 4.98 Å². The van der Waals surface area contributed by atoms with Crippen LogP contribution in [0.1, 0.15) is 51.0 Å². The molecule has 1 N–H and O–H groups in total. The van der Waals surface area contributed by atoms with Gasteiger partial charge in [0.05, 0.1) is 18.5 Å². The Bertz CT molecular complexity index is 556. The van der Waals surface area contributed by atoms with Crippen LogP contribution in [0.15, 0.2) is 12.3 Å². The maximum Gasteiger partial charge on any atom is 0.256 e. The van der Waals surface area contributed by atoms with Gasteiger partial charge in [-0.05, 0) is 32.3 Å². The second-order valence-electron chi connectivity index (χ2n) is 6.54. The third kappa shape index (κ3) is 5.41. The predicted molar refractivity (Wildman–Crippen MR) is 97.0 cm³/mol. The fourth-order valence-electron chi connectivity index (χ4n) is 3.11. The summed E-state index contributed by atoms with van der Waals surface area (Å²) in [6.07, 6.45) is 7.32. The number of ether oxygens (including phenoxy) is 3. The lowest BCUT2D eigenvalue weighted by Crippen LogP contribution is -2.47. The number of aryl methyl sites for hydroxylation is 1. The van der Waals surface area contributed by atoms with Crippen molar-refractivity contribution in [3.63, 3.8) is 0 Å². The number of nitrogens with zero attached hydrogens (tertiary/aromatic N) is 1. The molecule has 0 bridgehead atoms. The van der Waals surface area contributed by atoms with Gasteiger partial charge < -0.3 is 19.5 Å². The molecular formula is C19H30N2O4. The van der Waals surface area contributed by atoms with Crippen LogP contribution in [0.2, 0.25) is 0 Å². The minimum atomic E-state index is -0.699. The summed E-state index contributed by atoms with van der Waals surface area (Å²) in [4.78, 5) is 17.2. The fraction of sp³-hybridized carbons (Fsp3) is 0.684. The van der Waals surface area contributed by atoms with Crippen LogP contribution in [0.5, 0.6) is 5.88 Å². The molecule has 0 spiro atoms. The van der Waals surface area contributed by atoms with E-state index in [2.05, 4.69) is 17.2 Å². The lowest BCUT2D eigenvalue weighted by Gasteiger charge is -2.35. The molecule has 1 saturated carbocycles. The van der Waals surface area contributed by atoms with E-state index >= 15 is 0 Å². The molecule has 1 fully saturated rings. The first-order valence-corrected chi connectivity index (χ1v) is 9.15. The number of carbonyl (C=O) groups is 1. The highest BCUT2D eigenvalue weighted by Crippen LogP contribution is 2.33. The number of methoxy groups -OCH3 is 1. The average molecular weight is 350 g/mol. The molecule has 0 aromatic carbocycles. The van der Waals surface area contributed by atoms with Crippen molar-refractivity contribution >= 4 is 11.6 Å². The first-order valence-electron chi connectivity index (χ1n) is 9.15. The topological polar surface area (TPSA) is 69.7 Å². The lowest BCUT2D eigenvalue weighted by atomic mass is 9.83. The van der Waals surface area contributed by atoms with Crippen LogP contribution in [0, 0.1) is 6.92 Å². The van der Waals surface area contributed by atoms with Crippen molar-refractivity contribution in [2.24, 2.45) is 0 Å². The van der Waals surface area contributed by atoms with Crippen molar-refractivity contribution < 1.29 is 19.0 Å². The Balaban J connectivity index is 2.03. The molecule has 0 saturated heterocycles. The molecule has 140 valence electrons. The summed E-state index contributed by atoms with van der Waals surface area (Å²) >= 11 is 0. The monoisotopic (exact) mass is 350 g/mol. The quantitative estimate of drug-likeness (QED) is 0.691. The van der Waals surface area contributed by atoms with Gasteiger partial charge in [-0.1, -0.05) is 26.2 Å². The third-order valence-corrected chi connectivity index (χ3v) is 4.47. The number of rotatable bonds is 9. The second kappa shape index (κ2) is 9.73. The zero-order valence-corrected chi connectivity index (χ0v) is 15.6. The largest absolute Gasteiger partial charge is 0.475 e. The number of hydrogen-bond acceptors (Lipinski definition) is 5. The van der Waals surface area contributed by atoms with E-state index in [9.17, 15) is 4.79 Å². The molecule has 1 aromatic heterocycles. The maximum atomic E-state index is 12.9. The van der Waals surface area contributed by atoms with E-state index in [0.717, 1.165) is 37.7 Å². The molecule has 6 nitrogen and oxygen atoms in total. The van der Waals surface area contributed by atoms with E-state index in [1.165, 1.54) is 6.42 Å². The molecule has 1 aromatic rings. The summed E-state index contributed by atoms with van der Waals surface area (Å²) in [5.74, 6) is 0.500. The van der Waals surface area contributed by atoms with Crippen LogP contribution in [0.3, 0.4) is 0 Å². The van der Waals surface area contributed by atoms with Gasteiger partial charge in [-0.2, -0.15) is 0 Å². The van der Waals surface area contributed by atoms with Crippen molar-refractivity contribution in [3.05, 3.63) is 17.8 Å². The van der Waals surface area contributed by atoms with Crippen LogP contribution in [0.25, 0.3) is 0 Å². The van der Waals surface area contributed by atoms with Gasteiger partial charge in [0.15, 0.2) is 0 Å². The summed E-state index contributed by atoms with van der Waals surface area (Å²) in [5.41, 5.74) is 0.850. The Morgan fingerprint density at radius 2 is 2.00 bits per heavy atom. The van der Waals surface area contributed by atoms with Crippen molar-refractivity contribution in [1.29, 1.82) is 0 Å². The number of carbonyl (C=O) groups excluding carboxylic acids is 1. The van der Waals surface area contributed by atoms with Crippen LogP contribution >= 0.6 is 0 Å². The minimum Gasteiger partial charge on any atom is -0.475 e. The molecule has 0 aliphatic heterocycles. The zero-order valence-electron chi connectivity index (χ0n) is 15.6. The normalized spacial score (nSPS) is 16.4. The van der Waals surface area contributed by atoms with Crippen LogP contribution in [0.4, 0.5) is 5.69 Å². The van der Waals surface area contributed by atoms with Gasteiger partial charge in [-0.3, -0.25) is 4.79 Å². The van der Waals surface area contributed by atoms with Gasteiger partial charge in [0.1, 0.15) is 12.2 Å². The molecular weight excluding hydrogens is 320 g/mol. The summed E-state index contributed by atoms with van der Waals surface area (Å²) in [6.45, 7) is 5.54. The molecule has 2 rings (SSSR count). The van der Waals surface area contributed by atoms with E-state index in [1.807, 2.05) is 13.0 Å². The highest BCUT2D eigenvalue weighted by Gasteiger charge is 2.40. The number of hydrogen-bond donors (Lipinski definition) is 1. The van der Waals surface area contributed by atoms with Gasteiger partial charge in [0.25, 0.3) is 5.91 Å². The Hall–Kier alpha value is -1.66. The smallest absolute Gasteiger partial charge is 0.256 e. The highest BCUT2D eigenvalue weighted by molar-refractivity contribution is 5.97. The summed E-state index contributed by atoms with van der Waals surface area (Å²) in [6, 6.07) is 1.88. The molecule has 0 radical (unpaired) electrons. The molecule has 1 aliphatic rings. The molecule has 25 heavy (non-hydrogen) atoms. The van der Waals surface area contributed by atoms with Crippen LogP contribution < -0.4 is 10.1 Å². The van der Waals surface area contributed by atoms with E-state index < -0.39 is 5.60 Å². The van der Waals surface area contributed by atoms with E-state index in [0.29, 0.717) is 31.4 Å². The van der Waals surface area contributed by atoms with Crippen LogP contribution in [-0.2, 0) is 14.3 Å². The standard InChI is InChI=1S/C19H30N2O4/c1-4-10-25-19(8-6-5-7-9-19)18(22)21-16-13-15(2)17(20-14-16)24-12-11-23-3/h13-14H,4-12H2,1-3H3,(H,21,22). The summed E-state index contributed by atoms with van der Waals surface area (Å²) in [5, 5.41) is 2.99. The lowest BCUT2D eigenvalue weighted by molar-refractivity contribution is -0.146. The Morgan fingerprint density at radius 3 is 2.64 bits per heavy atom. The molecule has 6 heteroatoms. The van der Waals surface area contributed by atoms with Gasteiger partial charge in [0.2, 0.25) is 5.88 Å². The van der Waals surface area contributed by atoms with E-state index in [4.69, 9.17) is 14.2 Å². The predicted octanol–water partition coefficient (Wildman–Crippen LogP) is 3.48. The van der Waals surface area contributed by atoms with E-state index in [-0.39, 0.29) is 5.91 Å². The van der Waals surface area contributed by atoms with Crippen molar-refractivity contribution in [3.8, 4) is 5.88 Å². The first kappa shape index (κ1) is 19.7. The Labute approximate surface area is 150 Å². The number of nitrogens with one attached hydrogen (secondary N) is 1. The van der Waals surface area contributed by atoms with Crippen molar-refractivity contribution in [1.82, 2.24) is 4.98 Å². The number of aromatic nitrogens is 1. The first-order chi connectivity index (χ1) is 12.1. The number of amides is 1. The van der Waals surface area contributed by atoms with E-state index in [1.54, 1.807) is 13.3 Å².